The van der Waals surface area contributed by atoms with E-state index in [-0.39, 0.29) is 30.0 Å². The Morgan fingerprint density at radius 2 is 1.77 bits per heavy atom. The van der Waals surface area contributed by atoms with Gasteiger partial charge in [-0.05, 0) is 26.8 Å². The number of benzene rings is 1. The number of piperidine rings is 1. The van der Waals surface area contributed by atoms with Gasteiger partial charge in [0.1, 0.15) is 0 Å². The lowest BCUT2D eigenvalue weighted by Gasteiger charge is -2.31. The van der Waals surface area contributed by atoms with Gasteiger partial charge in [-0.25, -0.2) is 0 Å². The van der Waals surface area contributed by atoms with Crippen LogP contribution in [-0.4, -0.2) is 43.3 Å². The largest absolute Gasteiger partial charge is 0.343 e. The van der Waals surface area contributed by atoms with Crippen molar-refractivity contribution in [3.05, 3.63) is 35.4 Å². The zero-order chi connectivity index (χ0) is 15.2. The number of hydrogen-bond acceptors (Lipinski definition) is 3. The van der Waals surface area contributed by atoms with Gasteiger partial charge in [-0.1, -0.05) is 29.8 Å². The summed E-state index contributed by atoms with van der Waals surface area (Å²) in [5.41, 5.74) is 1.96. The molecule has 0 saturated carbocycles. The highest BCUT2D eigenvalue weighted by atomic mass is 35.5. The van der Waals surface area contributed by atoms with Crippen LogP contribution in [0.15, 0.2) is 24.3 Å². The number of likely N-dealkylation sites (tertiary alicyclic amines) is 1. The number of rotatable bonds is 5. The highest BCUT2D eigenvalue weighted by Gasteiger charge is 2.27. The fourth-order valence-electron chi connectivity index (χ4n) is 2.73. The summed E-state index contributed by atoms with van der Waals surface area (Å²) in [5.74, 6) is 0.462. The normalized spacial score (nSPS) is 15.3. The lowest BCUT2D eigenvalue weighted by Crippen LogP contribution is -2.41. The molecule has 1 aliphatic heterocycles. The summed E-state index contributed by atoms with van der Waals surface area (Å²) in [6.07, 6.45) is 2.09. The van der Waals surface area contributed by atoms with E-state index < -0.39 is 0 Å². The summed E-state index contributed by atoms with van der Waals surface area (Å²) >= 11 is 0. The first-order chi connectivity index (χ1) is 10.1. The molecule has 1 N–H and O–H groups in total. The smallest absolute Gasteiger partial charge is 0.223 e. The Morgan fingerprint density at radius 3 is 2.32 bits per heavy atom. The van der Waals surface area contributed by atoms with Gasteiger partial charge in [0, 0.05) is 37.5 Å². The van der Waals surface area contributed by atoms with Gasteiger partial charge in [-0.2, -0.15) is 0 Å². The third kappa shape index (κ3) is 4.82. The standard InChI is InChI=1S/C17H24N2O2.ClH/c1-13-3-5-14(6-4-13)17(21)15-8-11-19(12-9-15)16(20)7-10-18-2;/h3-6,15,18H,7-12H2,1-2H3;1H. The molecule has 1 amide bonds. The molecule has 0 aliphatic carbocycles. The van der Waals surface area contributed by atoms with Crippen molar-refractivity contribution in [1.29, 1.82) is 0 Å². The van der Waals surface area contributed by atoms with Crippen molar-refractivity contribution < 1.29 is 9.59 Å². The van der Waals surface area contributed by atoms with Crippen molar-refractivity contribution in [3.63, 3.8) is 0 Å². The van der Waals surface area contributed by atoms with E-state index in [1.165, 1.54) is 0 Å². The van der Waals surface area contributed by atoms with Crippen LogP contribution in [0.1, 0.15) is 35.2 Å². The van der Waals surface area contributed by atoms with Gasteiger partial charge in [0.15, 0.2) is 5.78 Å². The molecule has 1 fully saturated rings. The summed E-state index contributed by atoms with van der Waals surface area (Å²) in [5, 5.41) is 2.99. The molecule has 0 unspecified atom stereocenters. The quantitative estimate of drug-likeness (QED) is 0.846. The van der Waals surface area contributed by atoms with Gasteiger partial charge in [-0.3, -0.25) is 9.59 Å². The average Bonchev–Trinajstić information content (AvgIpc) is 2.53. The fraction of sp³-hybridized carbons (Fsp3) is 0.529. The molecule has 0 spiro atoms. The number of ketones is 1. The Balaban J connectivity index is 0.00000242. The Bertz CT molecular complexity index is 494. The Kier molecular flexibility index (Phi) is 7.56. The Morgan fingerprint density at radius 1 is 1.18 bits per heavy atom. The van der Waals surface area contributed by atoms with E-state index in [2.05, 4.69) is 5.32 Å². The molecular formula is C17H25ClN2O2. The summed E-state index contributed by atoms with van der Waals surface area (Å²) in [4.78, 5) is 26.3. The van der Waals surface area contributed by atoms with Gasteiger partial charge in [0.05, 0.1) is 0 Å². The van der Waals surface area contributed by atoms with Crippen molar-refractivity contribution in [2.24, 2.45) is 5.92 Å². The zero-order valence-corrected chi connectivity index (χ0v) is 14.1. The SMILES string of the molecule is CNCCC(=O)N1CCC(C(=O)c2ccc(C)cc2)CC1.Cl. The monoisotopic (exact) mass is 324 g/mol. The minimum atomic E-state index is 0. The first-order valence-electron chi connectivity index (χ1n) is 7.65. The highest BCUT2D eigenvalue weighted by Crippen LogP contribution is 2.22. The molecule has 0 radical (unpaired) electrons. The molecule has 0 atom stereocenters. The second-order valence-corrected chi connectivity index (χ2v) is 5.74. The summed E-state index contributed by atoms with van der Waals surface area (Å²) in [7, 11) is 1.85. The lowest BCUT2D eigenvalue weighted by atomic mass is 9.88. The highest BCUT2D eigenvalue weighted by molar-refractivity contribution is 5.98. The summed E-state index contributed by atoms with van der Waals surface area (Å²) in [6.45, 7) is 4.13. The third-order valence-electron chi connectivity index (χ3n) is 4.14. The molecule has 1 aromatic carbocycles. The number of aryl methyl sites for hydroxylation is 1. The molecule has 1 saturated heterocycles. The topological polar surface area (TPSA) is 49.4 Å². The molecular weight excluding hydrogens is 300 g/mol. The molecule has 4 nitrogen and oxygen atoms in total. The van der Waals surface area contributed by atoms with Crippen LogP contribution in [0.5, 0.6) is 0 Å². The number of Topliss-reactive ketones (excluding diaryl/α,β-unsaturated/α-hetero) is 1. The third-order valence-corrected chi connectivity index (χ3v) is 4.14. The van der Waals surface area contributed by atoms with Crippen molar-refractivity contribution in [2.45, 2.75) is 26.2 Å². The molecule has 0 aromatic heterocycles. The van der Waals surface area contributed by atoms with Crippen LogP contribution in [0.3, 0.4) is 0 Å². The van der Waals surface area contributed by atoms with E-state index in [4.69, 9.17) is 0 Å². The van der Waals surface area contributed by atoms with Crippen LogP contribution in [0, 0.1) is 12.8 Å². The van der Waals surface area contributed by atoms with Gasteiger partial charge >= 0.3 is 0 Å². The molecule has 5 heteroatoms. The number of halogens is 1. The predicted octanol–water partition coefficient (Wildman–Crippen LogP) is 2.45. The van der Waals surface area contributed by atoms with Crippen molar-refractivity contribution in [3.8, 4) is 0 Å². The minimum absolute atomic E-state index is 0. The average molecular weight is 325 g/mol. The molecule has 0 bridgehead atoms. The van der Waals surface area contributed by atoms with E-state index in [1.54, 1.807) is 0 Å². The molecule has 122 valence electrons. The van der Waals surface area contributed by atoms with E-state index in [1.807, 2.05) is 43.1 Å². The van der Waals surface area contributed by atoms with Crippen LogP contribution in [0.25, 0.3) is 0 Å². The number of nitrogens with one attached hydrogen (secondary N) is 1. The zero-order valence-electron chi connectivity index (χ0n) is 13.3. The number of carbonyl (C=O) groups excluding carboxylic acids is 2. The van der Waals surface area contributed by atoms with Gasteiger partial charge in [0.25, 0.3) is 0 Å². The van der Waals surface area contributed by atoms with Crippen LogP contribution < -0.4 is 5.32 Å². The van der Waals surface area contributed by atoms with Crippen LogP contribution in [0.2, 0.25) is 0 Å². The Labute approximate surface area is 138 Å². The van der Waals surface area contributed by atoms with Crippen LogP contribution >= 0.6 is 12.4 Å². The van der Waals surface area contributed by atoms with Crippen molar-refractivity contribution in [2.75, 3.05) is 26.7 Å². The molecule has 1 aliphatic rings. The molecule has 1 heterocycles. The summed E-state index contributed by atoms with van der Waals surface area (Å²) in [6, 6.07) is 7.76. The summed E-state index contributed by atoms with van der Waals surface area (Å²) < 4.78 is 0. The Hall–Kier alpha value is -1.39. The van der Waals surface area contributed by atoms with E-state index in [0.29, 0.717) is 26.1 Å². The molecule has 1 aromatic rings. The number of hydrogen-bond donors (Lipinski definition) is 1. The number of carbonyl (C=O) groups is 2. The van der Waals surface area contributed by atoms with E-state index >= 15 is 0 Å². The van der Waals surface area contributed by atoms with E-state index in [0.717, 1.165) is 24.0 Å². The van der Waals surface area contributed by atoms with Gasteiger partial charge in [0.2, 0.25) is 5.91 Å². The lowest BCUT2D eigenvalue weighted by molar-refractivity contribution is -0.132. The fourth-order valence-corrected chi connectivity index (χ4v) is 2.73. The van der Waals surface area contributed by atoms with Gasteiger partial charge < -0.3 is 10.2 Å². The first-order valence-corrected chi connectivity index (χ1v) is 7.65. The maximum atomic E-state index is 12.4. The van der Waals surface area contributed by atoms with Gasteiger partial charge in [-0.15, -0.1) is 12.4 Å². The van der Waals surface area contributed by atoms with Crippen molar-refractivity contribution >= 4 is 24.1 Å². The van der Waals surface area contributed by atoms with Crippen molar-refractivity contribution in [1.82, 2.24) is 10.2 Å². The predicted molar refractivity (Wildman–Crippen MR) is 90.6 cm³/mol. The maximum absolute atomic E-state index is 12.4. The van der Waals surface area contributed by atoms with Crippen LogP contribution in [0.4, 0.5) is 0 Å². The minimum Gasteiger partial charge on any atom is -0.343 e. The second-order valence-electron chi connectivity index (χ2n) is 5.74. The molecule has 22 heavy (non-hydrogen) atoms. The number of amides is 1. The molecule has 2 rings (SSSR count). The van der Waals surface area contributed by atoms with E-state index in [9.17, 15) is 9.59 Å². The number of nitrogens with zero attached hydrogens (tertiary/aromatic N) is 1. The maximum Gasteiger partial charge on any atom is 0.223 e. The first kappa shape index (κ1) is 18.7. The second kappa shape index (κ2) is 8.91. The van der Waals surface area contributed by atoms with Crippen LogP contribution in [-0.2, 0) is 4.79 Å².